The summed E-state index contributed by atoms with van der Waals surface area (Å²) < 4.78 is 22.7. The molecule has 0 unspecified atom stereocenters. The van der Waals surface area contributed by atoms with Crippen LogP contribution in [-0.4, -0.2) is 48.0 Å². The van der Waals surface area contributed by atoms with Gasteiger partial charge >= 0.3 is 0 Å². The van der Waals surface area contributed by atoms with E-state index in [9.17, 15) is 14.9 Å². The molecular formula is C23H22N4O7S. The van der Waals surface area contributed by atoms with Crippen molar-refractivity contribution in [1.82, 2.24) is 14.6 Å². The van der Waals surface area contributed by atoms with Crippen molar-refractivity contribution in [3.63, 3.8) is 0 Å². The molecule has 0 atom stereocenters. The lowest BCUT2D eigenvalue weighted by Crippen LogP contribution is -2.24. The van der Waals surface area contributed by atoms with Gasteiger partial charge in [0.2, 0.25) is 4.96 Å². The van der Waals surface area contributed by atoms with Crippen molar-refractivity contribution in [2.45, 2.75) is 12.8 Å². The fourth-order valence-corrected chi connectivity index (χ4v) is 4.52. The molecule has 35 heavy (non-hydrogen) atoms. The fourth-order valence-electron chi connectivity index (χ4n) is 3.60. The van der Waals surface area contributed by atoms with Crippen LogP contribution in [0.5, 0.6) is 23.0 Å². The highest BCUT2D eigenvalue weighted by Crippen LogP contribution is 2.35. The molecule has 2 aromatic heterocycles. The summed E-state index contributed by atoms with van der Waals surface area (Å²) in [5.41, 5.74) is 0.741. The number of aryl methyl sites for hydroxylation is 2. The Hall–Kier alpha value is -4.19. The molecule has 11 nitrogen and oxygen atoms in total. The summed E-state index contributed by atoms with van der Waals surface area (Å²) in [7, 11) is 5.99. The predicted molar refractivity (Wildman–Crippen MR) is 129 cm³/mol. The Bertz CT molecular complexity index is 1510. The van der Waals surface area contributed by atoms with Crippen LogP contribution in [0.1, 0.15) is 17.0 Å². The Kier molecular flexibility index (Phi) is 6.82. The quantitative estimate of drug-likeness (QED) is 0.252. The Morgan fingerprint density at radius 3 is 2.34 bits per heavy atom. The molecule has 0 saturated heterocycles. The summed E-state index contributed by atoms with van der Waals surface area (Å²) in [6.07, 6.45) is 2.28. The Balaban J connectivity index is 1.64. The first kappa shape index (κ1) is 24.0. The zero-order valence-electron chi connectivity index (χ0n) is 19.4. The Labute approximate surface area is 203 Å². The number of ether oxygens (including phenoxy) is 4. The van der Waals surface area contributed by atoms with Crippen LogP contribution >= 0.6 is 11.3 Å². The molecule has 0 fully saturated rings. The third-order valence-electron chi connectivity index (χ3n) is 5.35. The van der Waals surface area contributed by atoms with Gasteiger partial charge in [0, 0.05) is 17.5 Å². The van der Waals surface area contributed by atoms with Crippen molar-refractivity contribution in [2.24, 2.45) is 0 Å². The molecule has 0 aliphatic heterocycles. The summed E-state index contributed by atoms with van der Waals surface area (Å²) in [5.74, 6) is 2.30. The average molecular weight is 499 g/mol. The first-order valence-corrected chi connectivity index (χ1v) is 11.2. The molecule has 12 heteroatoms. The average Bonchev–Trinajstić information content (AvgIpc) is 3.40. The molecule has 0 N–H and O–H groups in total. The SMILES string of the molecule is COc1ccc(OC)c(/C=c2\sc3nc(CCc4cc(OC)c(OC)cc4[N+](=O)[O-])nn3c2=O)c1. The molecule has 0 aliphatic carbocycles. The van der Waals surface area contributed by atoms with Gasteiger partial charge in [0.05, 0.1) is 44.0 Å². The van der Waals surface area contributed by atoms with Gasteiger partial charge in [0.25, 0.3) is 11.2 Å². The van der Waals surface area contributed by atoms with Crippen molar-refractivity contribution in [3.05, 3.63) is 72.3 Å². The molecule has 0 radical (unpaired) electrons. The number of aromatic nitrogens is 3. The van der Waals surface area contributed by atoms with Gasteiger partial charge in [0.1, 0.15) is 11.5 Å². The number of nitro groups is 1. The van der Waals surface area contributed by atoms with E-state index in [-0.39, 0.29) is 23.4 Å². The zero-order valence-corrected chi connectivity index (χ0v) is 20.2. The number of hydrogen-bond donors (Lipinski definition) is 0. The van der Waals surface area contributed by atoms with E-state index in [0.29, 0.717) is 50.1 Å². The summed E-state index contributed by atoms with van der Waals surface area (Å²) in [6, 6.07) is 8.21. The number of hydrogen-bond acceptors (Lipinski definition) is 10. The number of nitrogens with zero attached hydrogens (tertiary/aromatic N) is 4. The van der Waals surface area contributed by atoms with Crippen molar-refractivity contribution >= 4 is 28.1 Å². The monoisotopic (exact) mass is 498 g/mol. The number of rotatable bonds is 9. The van der Waals surface area contributed by atoms with Crippen LogP contribution in [0, 0.1) is 10.1 Å². The molecule has 0 saturated carbocycles. The van der Waals surface area contributed by atoms with Crippen LogP contribution in [0.3, 0.4) is 0 Å². The van der Waals surface area contributed by atoms with Crippen molar-refractivity contribution in [3.8, 4) is 23.0 Å². The third-order valence-corrected chi connectivity index (χ3v) is 6.31. The van der Waals surface area contributed by atoms with Gasteiger partial charge < -0.3 is 18.9 Å². The van der Waals surface area contributed by atoms with Crippen LogP contribution in [0.4, 0.5) is 5.69 Å². The van der Waals surface area contributed by atoms with Gasteiger partial charge in [-0.05, 0) is 36.8 Å². The second-order valence-electron chi connectivity index (χ2n) is 7.34. The second kappa shape index (κ2) is 9.97. The second-order valence-corrected chi connectivity index (χ2v) is 8.35. The summed E-state index contributed by atoms with van der Waals surface area (Å²) in [6.45, 7) is 0. The highest BCUT2D eigenvalue weighted by molar-refractivity contribution is 7.15. The van der Waals surface area contributed by atoms with E-state index < -0.39 is 4.92 Å². The van der Waals surface area contributed by atoms with E-state index in [1.807, 2.05) is 0 Å². The maximum absolute atomic E-state index is 12.9. The molecule has 4 rings (SSSR count). The molecule has 0 aliphatic rings. The number of methoxy groups -OCH3 is 4. The molecule has 182 valence electrons. The lowest BCUT2D eigenvalue weighted by Gasteiger charge is -2.10. The van der Waals surface area contributed by atoms with Crippen molar-refractivity contribution < 1.29 is 23.9 Å². The van der Waals surface area contributed by atoms with Gasteiger partial charge in [-0.1, -0.05) is 11.3 Å². The smallest absolute Gasteiger partial charge is 0.291 e. The van der Waals surface area contributed by atoms with Crippen LogP contribution < -0.4 is 29.0 Å². The highest BCUT2D eigenvalue weighted by Gasteiger charge is 2.20. The van der Waals surface area contributed by atoms with Crippen LogP contribution in [0.2, 0.25) is 0 Å². The van der Waals surface area contributed by atoms with E-state index in [2.05, 4.69) is 10.1 Å². The minimum atomic E-state index is -0.471. The lowest BCUT2D eigenvalue weighted by atomic mass is 10.1. The molecule has 2 aromatic carbocycles. The number of thiazole rings is 1. The molecule has 0 amide bonds. The first-order chi connectivity index (χ1) is 16.9. The first-order valence-electron chi connectivity index (χ1n) is 10.4. The van der Waals surface area contributed by atoms with Gasteiger partial charge in [-0.3, -0.25) is 14.9 Å². The topological polar surface area (TPSA) is 127 Å². The minimum Gasteiger partial charge on any atom is -0.497 e. The Morgan fingerprint density at radius 1 is 1.00 bits per heavy atom. The highest BCUT2D eigenvalue weighted by atomic mass is 32.1. The van der Waals surface area contributed by atoms with Crippen LogP contribution in [-0.2, 0) is 12.8 Å². The zero-order chi connectivity index (χ0) is 25.1. The molecule has 0 spiro atoms. The number of nitro benzene ring substituents is 1. The minimum absolute atomic E-state index is 0.0858. The van der Waals surface area contributed by atoms with Crippen LogP contribution in [0.25, 0.3) is 11.0 Å². The van der Waals surface area contributed by atoms with Crippen molar-refractivity contribution in [1.29, 1.82) is 0 Å². The lowest BCUT2D eigenvalue weighted by molar-refractivity contribution is -0.385. The molecule has 2 heterocycles. The van der Waals surface area contributed by atoms with E-state index in [4.69, 9.17) is 18.9 Å². The fraction of sp³-hybridized carbons (Fsp3) is 0.261. The number of fused-ring (bicyclic) bond motifs is 1. The van der Waals surface area contributed by atoms with Crippen molar-refractivity contribution in [2.75, 3.05) is 28.4 Å². The predicted octanol–water partition coefficient (Wildman–Crippen LogP) is 2.43. The van der Waals surface area contributed by atoms with E-state index in [1.54, 1.807) is 44.6 Å². The standard InChI is InChI=1S/C23H22N4O7S/c1-31-15-6-7-17(32-2)14(9-15)11-20-22(28)26-23(35-20)24-21(25-26)8-5-13-10-18(33-3)19(34-4)12-16(13)27(29)30/h6-7,9-12H,5,8H2,1-4H3/b20-11-. The molecule has 4 aromatic rings. The van der Waals surface area contributed by atoms with E-state index in [1.165, 1.54) is 36.1 Å². The van der Waals surface area contributed by atoms with E-state index in [0.717, 1.165) is 0 Å². The summed E-state index contributed by atoms with van der Waals surface area (Å²) in [5, 5.41) is 15.9. The number of benzene rings is 2. The summed E-state index contributed by atoms with van der Waals surface area (Å²) >= 11 is 1.19. The van der Waals surface area contributed by atoms with Gasteiger partial charge in [0.15, 0.2) is 17.3 Å². The maximum Gasteiger partial charge on any atom is 0.291 e. The molecule has 0 bridgehead atoms. The normalized spacial score (nSPS) is 11.6. The van der Waals surface area contributed by atoms with E-state index >= 15 is 0 Å². The third kappa shape index (κ3) is 4.73. The van der Waals surface area contributed by atoms with Gasteiger partial charge in [-0.2, -0.15) is 4.52 Å². The van der Waals surface area contributed by atoms with Crippen LogP contribution in [0.15, 0.2) is 35.1 Å². The Morgan fingerprint density at radius 2 is 1.71 bits per heavy atom. The maximum atomic E-state index is 12.9. The summed E-state index contributed by atoms with van der Waals surface area (Å²) in [4.78, 5) is 28.9. The van der Waals surface area contributed by atoms with Gasteiger partial charge in [-0.25, -0.2) is 4.98 Å². The largest absolute Gasteiger partial charge is 0.497 e. The molecular weight excluding hydrogens is 476 g/mol. The van der Waals surface area contributed by atoms with Gasteiger partial charge in [-0.15, -0.1) is 5.10 Å².